The Morgan fingerprint density at radius 2 is 2.13 bits per heavy atom. The minimum absolute atomic E-state index is 0.261. The largest absolute Gasteiger partial charge is 0.256 e. The molecule has 6 nitrogen and oxygen atoms in total. The van der Waals surface area contributed by atoms with Crippen LogP contribution in [0.2, 0.25) is 0 Å². The maximum Gasteiger partial charge on any atom is 0.221 e. The molecule has 0 amide bonds. The molecule has 4 aromatic rings. The number of fused-ring (bicyclic) bond motifs is 2. The highest BCUT2D eigenvalue weighted by Crippen LogP contribution is 2.26. The minimum Gasteiger partial charge on any atom is -0.256 e. The Morgan fingerprint density at radius 3 is 3.00 bits per heavy atom. The number of aromatic nitrogens is 6. The van der Waals surface area contributed by atoms with Crippen LogP contribution >= 0.6 is 0 Å². The van der Waals surface area contributed by atoms with Crippen LogP contribution in [0.3, 0.4) is 0 Å². The number of hydrogen-bond acceptors (Lipinski definition) is 5. The van der Waals surface area contributed by atoms with Gasteiger partial charge in [-0.2, -0.15) is 0 Å². The molecule has 1 unspecified atom stereocenters. The molecule has 0 N–H and O–H groups in total. The minimum atomic E-state index is -0.416. The number of halogens is 1. The number of pyridine rings is 1. The van der Waals surface area contributed by atoms with Gasteiger partial charge in [-0.05, 0) is 19.1 Å². The molecule has 1 aromatic carbocycles. The summed E-state index contributed by atoms with van der Waals surface area (Å²) < 4.78 is 16.0. The second-order valence-corrected chi connectivity index (χ2v) is 5.22. The summed E-state index contributed by atoms with van der Waals surface area (Å²) in [6.07, 6.45) is 3.04. The molecule has 4 rings (SSSR count). The van der Waals surface area contributed by atoms with E-state index in [0.29, 0.717) is 22.4 Å². The molecular formula is C15H10BFN6. The number of nitrogens with zero attached hydrogens (tertiary/aromatic N) is 6. The van der Waals surface area contributed by atoms with Crippen molar-refractivity contribution in [2.45, 2.75) is 13.0 Å². The van der Waals surface area contributed by atoms with Crippen molar-refractivity contribution < 1.29 is 4.39 Å². The van der Waals surface area contributed by atoms with E-state index in [0.717, 1.165) is 5.39 Å². The average Bonchev–Trinajstić information content (AvgIpc) is 2.96. The molecule has 8 heteroatoms. The highest BCUT2D eigenvalue weighted by molar-refractivity contribution is 6.30. The van der Waals surface area contributed by atoms with Crippen molar-refractivity contribution in [1.29, 1.82) is 0 Å². The maximum atomic E-state index is 14.5. The summed E-state index contributed by atoms with van der Waals surface area (Å²) in [4.78, 5) is 12.4. The molecule has 0 saturated carbocycles. The molecule has 2 radical (unpaired) electrons. The first-order valence-electron chi connectivity index (χ1n) is 7.01. The Hall–Kier alpha value is -2.90. The molecule has 23 heavy (non-hydrogen) atoms. The monoisotopic (exact) mass is 304 g/mol. The van der Waals surface area contributed by atoms with E-state index in [9.17, 15) is 4.39 Å². The molecule has 3 aromatic heterocycles. The lowest BCUT2D eigenvalue weighted by Crippen LogP contribution is -2.15. The molecule has 3 heterocycles. The van der Waals surface area contributed by atoms with E-state index in [1.807, 2.05) is 19.1 Å². The second kappa shape index (κ2) is 5.08. The van der Waals surface area contributed by atoms with Gasteiger partial charge in [0, 0.05) is 35.0 Å². The van der Waals surface area contributed by atoms with Gasteiger partial charge in [-0.25, -0.2) is 19.0 Å². The zero-order chi connectivity index (χ0) is 16.0. The third-order valence-corrected chi connectivity index (χ3v) is 3.75. The summed E-state index contributed by atoms with van der Waals surface area (Å²) in [5.41, 5.74) is 2.13. The zero-order valence-electron chi connectivity index (χ0n) is 12.2. The summed E-state index contributed by atoms with van der Waals surface area (Å²) in [7, 11) is 5.67. The standard InChI is InChI=1S/C15H10BFN6/c1-8(23-15-14(21-22-23)19-7-13(16)20-15)10-5-9-3-2-4-18-12(9)6-11(10)17/h2-8H,1H3. The van der Waals surface area contributed by atoms with Crippen LogP contribution in [0.25, 0.3) is 22.2 Å². The van der Waals surface area contributed by atoms with Gasteiger partial charge in [0.05, 0.1) is 11.6 Å². The van der Waals surface area contributed by atoms with Crippen molar-refractivity contribution in [1.82, 2.24) is 29.9 Å². The Balaban J connectivity index is 1.89. The van der Waals surface area contributed by atoms with Crippen LogP contribution in [0.15, 0.2) is 36.7 Å². The first-order valence-corrected chi connectivity index (χ1v) is 7.01. The zero-order valence-corrected chi connectivity index (χ0v) is 12.2. The van der Waals surface area contributed by atoms with Crippen LogP contribution in [-0.4, -0.2) is 37.8 Å². The first kappa shape index (κ1) is 13.7. The molecule has 0 aliphatic rings. The molecule has 0 saturated heterocycles. The van der Waals surface area contributed by atoms with Gasteiger partial charge >= 0.3 is 0 Å². The van der Waals surface area contributed by atoms with Gasteiger partial charge in [0.25, 0.3) is 0 Å². The highest BCUT2D eigenvalue weighted by atomic mass is 19.1. The van der Waals surface area contributed by atoms with Crippen molar-refractivity contribution in [3.63, 3.8) is 0 Å². The van der Waals surface area contributed by atoms with Crippen molar-refractivity contribution >= 4 is 35.6 Å². The Bertz CT molecular complexity index is 1030. The van der Waals surface area contributed by atoms with Crippen molar-refractivity contribution in [2.24, 2.45) is 0 Å². The molecule has 0 fully saturated rings. The van der Waals surface area contributed by atoms with Crippen molar-refractivity contribution in [3.05, 3.63) is 48.0 Å². The van der Waals surface area contributed by atoms with Crippen LogP contribution in [0.1, 0.15) is 18.5 Å². The topological polar surface area (TPSA) is 69.4 Å². The van der Waals surface area contributed by atoms with Gasteiger partial charge in [0.1, 0.15) is 13.7 Å². The second-order valence-electron chi connectivity index (χ2n) is 5.22. The normalized spacial score (nSPS) is 12.8. The third-order valence-electron chi connectivity index (χ3n) is 3.75. The number of benzene rings is 1. The van der Waals surface area contributed by atoms with Gasteiger partial charge in [-0.1, -0.05) is 11.3 Å². The lowest BCUT2D eigenvalue weighted by Gasteiger charge is -2.14. The predicted molar refractivity (Wildman–Crippen MR) is 84.0 cm³/mol. The number of hydrogen-bond donors (Lipinski definition) is 0. The Morgan fingerprint density at radius 1 is 1.26 bits per heavy atom. The number of rotatable bonds is 2. The van der Waals surface area contributed by atoms with Crippen LogP contribution in [0.4, 0.5) is 4.39 Å². The lowest BCUT2D eigenvalue weighted by atomic mass is 10.0. The van der Waals surface area contributed by atoms with E-state index in [1.54, 1.807) is 12.3 Å². The Kier molecular flexibility index (Phi) is 3.04. The molecule has 110 valence electrons. The first-order chi connectivity index (χ1) is 11.1. The summed E-state index contributed by atoms with van der Waals surface area (Å²) in [6, 6.07) is 6.46. The van der Waals surface area contributed by atoms with Gasteiger partial charge in [0.15, 0.2) is 5.65 Å². The summed E-state index contributed by atoms with van der Waals surface area (Å²) in [6.45, 7) is 1.82. The molecular weight excluding hydrogens is 294 g/mol. The van der Waals surface area contributed by atoms with E-state index in [2.05, 4.69) is 25.3 Å². The molecule has 0 aliphatic heterocycles. The van der Waals surface area contributed by atoms with Crippen molar-refractivity contribution in [2.75, 3.05) is 0 Å². The van der Waals surface area contributed by atoms with E-state index in [4.69, 9.17) is 7.85 Å². The summed E-state index contributed by atoms with van der Waals surface area (Å²) >= 11 is 0. The fraction of sp³-hybridized carbons (Fsp3) is 0.133. The SMILES string of the molecule is [B]c1cnc2nnn(C(C)c3cc4cccnc4cc3F)c2n1. The fourth-order valence-electron chi connectivity index (χ4n) is 2.57. The van der Waals surface area contributed by atoms with Crippen LogP contribution in [-0.2, 0) is 0 Å². The van der Waals surface area contributed by atoms with Gasteiger partial charge in [0.2, 0.25) is 5.65 Å². The smallest absolute Gasteiger partial charge is 0.221 e. The molecule has 0 aliphatic carbocycles. The highest BCUT2D eigenvalue weighted by Gasteiger charge is 2.19. The van der Waals surface area contributed by atoms with Crippen LogP contribution < -0.4 is 5.59 Å². The van der Waals surface area contributed by atoms with E-state index in [1.165, 1.54) is 16.9 Å². The lowest BCUT2D eigenvalue weighted by molar-refractivity contribution is 0.518. The third kappa shape index (κ3) is 2.23. The molecule has 0 spiro atoms. The van der Waals surface area contributed by atoms with Gasteiger partial charge in [-0.15, -0.1) is 5.10 Å². The molecule has 1 atom stereocenters. The molecule has 0 bridgehead atoms. The quantitative estimate of drug-likeness (QED) is 0.522. The van der Waals surface area contributed by atoms with Gasteiger partial charge in [-0.3, -0.25) is 4.98 Å². The Labute approximate surface area is 131 Å². The fourth-order valence-corrected chi connectivity index (χ4v) is 2.57. The van der Waals surface area contributed by atoms with Crippen LogP contribution in [0.5, 0.6) is 0 Å². The van der Waals surface area contributed by atoms with E-state index < -0.39 is 6.04 Å². The predicted octanol–water partition coefficient (Wildman–Crippen LogP) is 1.31. The van der Waals surface area contributed by atoms with E-state index in [-0.39, 0.29) is 11.4 Å². The van der Waals surface area contributed by atoms with Crippen LogP contribution in [0, 0.1) is 5.82 Å². The average molecular weight is 304 g/mol. The summed E-state index contributed by atoms with van der Waals surface area (Å²) in [5.74, 6) is -0.357. The maximum absolute atomic E-state index is 14.5. The van der Waals surface area contributed by atoms with Gasteiger partial charge < -0.3 is 0 Å². The summed E-state index contributed by atoms with van der Waals surface area (Å²) in [5, 5.41) is 8.84. The van der Waals surface area contributed by atoms with E-state index >= 15 is 0 Å². The van der Waals surface area contributed by atoms with Crippen molar-refractivity contribution in [3.8, 4) is 0 Å².